The van der Waals surface area contributed by atoms with Gasteiger partial charge < -0.3 is 19.5 Å². The van der Waals surface area contributed by atoms with Crippen LogP contribution in [0.1, 0.15) is 40.2 Å². The van der Waals surface area contributed by atoms with Crippen LogP contribution in [-0.2, 0) is 20.8 Å². The monoisotopic (exact) mass is 337 g/mol. The molecule has 5 nitrogen and oxygen atoms in total. The van der Waals surface area contributed by atoms with Gasteiger partial charge in [-0.15, -0.1) is 0 Å². The summed E-state index contributed by atoms with van der Waals surface area (Å²) < 4.78 is 16.0. The smallest absolute Gasteiger partial charge is 0.323 e. The van der Waals surface area contributed by atoms with Crippen molar-refractivity contribution in [2.75, 3.05) is 20.3 Å². The standard InChI is InChI=1S/C19H31NO4/c1-14(2)17(18(21)24-19(3,4)5)20-13-15-7-9-16(10-8-15)23-12-11-22-6/h7-10,14,17,20H,11-13H2,1-6H3/t17-/m1/s1. The number of nitrogens with one attached hydrogen (secondary N) is 1. The van der Waals surface area contributed by atoms with Crippen LogP contribution in [0.3, 0.4) is 0 Å². The molecular formula is C19H31NO4. The van der Waals surface area contributed by atoms with Gasteiger partial charge in [0.1, 0.15) is 24.0 Å². The van der Waals surface area contributed by atoms with Crippen LogP contribution < -0.4 is 10.1 Å². The van der Waals surface area contributed by atoms with Crippen LogP contribution in [0.4, 0.5) is 0 Å². The molecule has 1 N–H and O–H groups in total. The van der Waals surface area contributed by atoms with Gasteiger partial charge in [0, 0.05) is 13.7 Å². The minimum atomic E-state index is -0.479. The summed E-state index contributed by atoms with van der Waals surface area (Å²) in [5.41, 5.74) is 0.607. The highest BCUT2D eigenvalue weighted by Gasteiger charge is 2.27. The van der Waals surface area contributed by atoms with Gasteiger partial charge in [0.05, 0.1) is 6.61 Å². The number of ether oxygens (including phenoxy) is 3. The Morgan fingerprint density at radius 1 is 1.12 bits per heavy atom. The quantitative estimate of drug-likeness (QED) is 0.554. The van der Waals surface area contributed by atoms with Gasteiger partial charge in [-0.2, -0.15) is 0 Å². The summed E-state index contributed by atoms with van der Waals surface area (Å²) in [6.45, 7) is 11.3. The summed E-state index contributed by atoms with van der Waals surface area (Å²) in [4.78, 5) is 12.3. The van der Waals surface area contributed by atoms with E-state index < -0.39 is 5.60 Å². The number of methoxy groups -OCH3 is 1. The molecule has 1 atom stereocenters. The van der Waals surface area contributed by atoms with E-state index in [1.165, 1.54) is 0 Å². The van der Waals surface area contributed by atoms with E-state index in [1.807, 2.05) is 58.9 Å². The highest BCUT2D eigenvalue weighted by atomic mass is 16.6. The third-order valence-corrected chi connectivity index (χ3v) is 3.33. The van der Waals surface area contributed by atoms with Gasteiger partial charge in [0.15, 0.2) is 0 Å². The average molecular weight is 337 g/mol. The van der Waals surface area contributed by atoms with Crippen LogP contribution in [0.5, 0.6) is 5.75 Å². The van der Waals surface area contributed by atoms with E-state index in [-0.39, 0.29) is 17.9 Å². The fourth-order valence-electron chi connectivity index (χ4n) is 2.13. The second-order valence-electron chi connectivity index (χ2n) is 7.12. The third kappa shape index (κ3) is 7.79. The molecule has 0 aliphatic heterocycles. The molecular weight excluding hydrogens is 306 g/mol. The number of hydrogen-bond acceptors (Lipinski definition) is 5. The zero-order chi connectivity index (χ0) is 18.2. The van der Waals surface area contributed by atoms with Gasteiger partial charge in [0.2, 0.25) is 0 Å². The van der Waals surface area contributed by atoms with Gasteiger partial charge in [-0.3, -0.25) is 4.79 Å². The molecule has 0 aliphatic carbocycles. The molecule has 0 amide bonds. The number of rotatable bonds is 9. The molecule has 0 saturated heterocycles. The normalized spacial score (nSPS) is 13.0. The zero-order valence-corrected chi connectivity index (χ0v) is 15.7. The molecule has 1 aromatic rings. The summed E-state index contributed by atoms with van der Waals surface area (Å²) in [5.74, 6) is 0.747. The van der Waals surface area contributed by atoms with Crippen molar-refractivity contribution < 1.29 is 19.0 Å². The lowest BCUT2D eigenvalue weighted by Gasteiger charge is -2.26. The zero-order valence-electron chi connectivity index (χ0n) is 15.7. The Morgan fingerprint density at radius 3 is 2.25 bits per heavy atom. The maximum absolute atomic E-state index is 12.3. The first-order valence-corrected chi connectivity index (χ1v) is 8.40. The lowest BCUT2D eigenvalue weighted by atomic mass is 10.0. The van der Waals surface area contributed by atoms with E-state index in [0.29, 0.717) is 19.8 Å². The molecule has 0 heterocycles. The Labute approximate surface area is 145 Å². The molecule has 5 heteroatoms. The van der Waals surface area contributed by atoms with E-state index in [1.54, 1.807) is 7.11 Å². The minimum Gasteiger partial charge on any atom is -0.491 e. The van der Waals surface area contributed by atoms with Gasteiger partial charge in [-0.05, 0) is 44.4 Å². The van der Waals surface area contributed by atoms with Crippen molar-refractivity contribution in [1.82, 2.24) is 5.32 Å². The first-order chi connectivity index (χ1) is 11.2. The fraction of sp³-hybridized carbons (Fsp3) is 0.632. The first-order valence-electron chi connectivity index (χ1n) is 8.40. The second kappa shape index (κ2) is 9.64. The molecule has 0 spiro atoms. The average Bonchev–Trinajstić information content (AvgIpc) is 2.47. The third-order valence-electron chi connectivity index (χ3n) is 3.33. The van der Waals surface area contributed by atoms with Crippen LogP contribution in [0.15, 0.2) is 24.3 Å². The largest absolute Gasteiger partial charge is 0.491 e. The molecule has 0 aliphatic rings. The molecule has 1 rings (SSSR count). The Balaban J connectivity index is 2.56. The molecule has 136 valence electrons. The number of benzene rings is 1. The first kappa shape index (κ1) is 20.5. The number of esters is 1. The number of carbonyl (C=O) groups is 1. The van der Waals surface area contributed by atoms with E-state index >= 15 is 0 Å². The van der Waals surface area contributed by atoms with Crippen LogP contribution >= 0.6 is 0 Å². The molecule has 1 aromatic carbocycles. The Hall–Kier alpha value is -1.59. The van der Waals surface area contributed by atoms with Crippen molar-refractivity contribution in [3.05, 3.63) is 29.8 Å². The second-order valence-corrected chi connectivity index (χ2v) is 7.12. The highest BCUT2D eigenvalue weighted by molar-refractivity contribution is 5.76. The van der Waals surface area contributed by atoms with Crippen LogP contribution in [0.25, 0.3) is 0 Å². The van der Waals surface area contributed by atoms with E-state index in [4.69, 9.17) is 14.2 Å². The topological polar surface area (TPSA) is 56.8 Å². The Kier molecular flexibility index (Phi) is 8.22. The maximum Gasteiger partial charge on any atom is 0.323 e. The number of carbonyl (C=O) groups excluding carboxylic acids is 1. The van der Waals surface area contributed by atoms with E-state index in [2.05, 4.69) is 5.32 Å². The summed E-state index contributed by atoms with van der Waals surface area (Å²) in [7, 11) is 1.65. The Bertz CT molecular complexity index is 491. The van der Waals surface area contributed by atoms with E-state index in [9.17, 15) is 4.79 Å². The van der Waals surface area contributed by atoms with Gasteiger partial charge >= 0.3 is 5.97 Å². The van der Waals surface area contributed by atoms with Crippen molar-refractivity contribution in [2.45, 2.75) is 52.8 Å². The van der Waals surface area contributed by atoms with Crippen molar-refractivity contribution in [3.8, 4) is 5.75 Å². The molecule has 0 fully saturated rings. The molecule has 0 saturated carbocycles. The molecule has 0 radical (unpaired) electrons. The summed E-state index contributed by atoms with van der Waals surface area (Å²) in [6.07, 6.45) is 0. The fourth-order valence-corrected chi connectivity index (χ4v) is 2.13. The molecule has 0 unspecified atom stereocenters. The highest BCUT2D eigenvalue weighted by Crippen LogP contribution is 2.15. The molecule has 0 aromatic heterocycles. The maximum atomic E-state index is 12.3. The van der Waals surface area contributed by atoms with Gasteiger partial charge in [0.25, 0.3) is 0 Å². The molecule has 0 bridgehead atoms. The van der Waals surface area contributed by atoms with Gasteiger partial charge in [-0.25, -0.2) is 0 Å². The van der Waals surface area contributed by atoms with Gasteiger partial charge in [-0.1, -0.05) is 26.0 Å². The van der Waals surface area contributed by atoms with E-state index in [0.717, 1.165) is 11.3 Å². The SMILES string of the molecule is COCCOc1ccc(CN[C@@H](C(=O)OC(C)(C)C)C(C)C)cc1. The summed E-state index contributed by atoms with van der Waals surface area (Å²) >= 11 is 0. The number of hydrogen-bond donors (Lipinski definition) is 1. The minimum absolute atomic E-state index is 0.150. The van der Waals surface area contributed by atoms with Crippen LogP contribution in [-0.4, -0.2) is 37.9 Å². The van der Waals surface area contributed by atoms with Crippen molar-refractivity contribution >= 4 is 5.97 Å². The summed E-state index contributed by atoms with van der Waals surface area (Å²) in [5, 5.41) is 3.29. The Morgan fingerprint density at radius 2 is 1.75 bits per heavy atom. The van der Waals surface area contributed by atoms with Crippen molar-refractivity contribution in [3.63, 3.8) is 0 Å². The predicted molar refractivity (Wildman–Crippen MR) is 95.1 cm³/mol. The molecule has 24 heavy (non-hydrogen) atoms. The predicted octanol–water partition coefficient (Wildman–Crippen LogP) is 3.17. The van der Waals surface area contributed by atoms with Crippen LogP contribution in [0, 0.1) is 5.92 Å². The van der Waals surface area contributed by atoms with Crippen molar-refractivity contribution in [2.24, 2.45) is 5.92 Å². The summed E-state index contributed by atoms with van der Waals surface area (Å²) in [6, 6.07) is 7.49. The lowest BCUT2D eigenvalue weighted by molar-refractivity contribution is -0.158. The lowest BCUT2D eigenvalue weighted by Crippen LogP contribution is -2.44. The van der Waals surface area contributed by atoms with Crippen LogP contribution in [0.2, 0.25) is 0 Å². The van der Waals surface area contributed by atoms with Crippen molar-refractivity contribution in [1.29, 1.82) is 0 Å².